The molecule has 1 N–H and O–H groups in total. The fraction of sp³-hybridized carbons (Fsp3) is 0.450. The summed E-state index contributed by atoms with van der Waals surface area (Å²) in [4.78, 5) is 24.2. The summed E-state index contributed by atoms with van der Waals surface area (Å²) < 4.78 is 1.82. The molecule has 0 radical (unpaired) electrons. The van der Waals surface area contributed by atoms with Gasteiger partial charge in [0.2, 0.25) is 5.16 Å². The van der Waals surface area contributed by atoms with Crippen LogP contribution < -0.4 is 5.56 Å². The van der Waals surface area contributed by atoms with E-state index in [1.54, 1.807) is 22.7 Å². The van der Waals surface area contributed by atoms with E-state index < -0.39 is 0 Å². The molecule has 156 valence electrons. The van der Waals surface area contributed by atoms with Crippen molar-refractivity contribution in [1.29, 1.82) is 0 Å². The number of rotatable bonds is 6. The number of nitrogens with zero attached hydrogens (tertiary/aromatic N) is 5. The monoisotopic (exact) mass is 458 g/mol. The number of fused-ring (bicyclic) bond motifs is 3. The van der Waals surface area contributed by atoms with Gasteiger partial charge in [0.05, 0.1) is 17.2 Å². The average molecular weight is 459 g/mol. The summed E-state index contributed by atoms with van der Waals surface area (Å²) in [5, 5.41) is 15.7. The van der Waals surface area contributed by atoms with E-state index in [0.717, 1.165) is 47.6 Å². The van der Waals surface area contributed by atoms with Crippen molar-refractivity contribution >= 4 is 44.7 Å². The van der Waals surface area contributed by atoms with Crippen molar-refractivity contribution in [3.8, 4) is 0 Å². The van der Waals surface area contributed by atoms with Crippen LogP contribution in [0, 0.1) is 5.92 Å². The summed E-state index contributed by atoms with van der Waals surface area (Å²) in [5.74, 6) is 1.35. The molecule has 4 aromatic rings. The maximum Gasteiger partial charge on any atom is 0.259 e. The van der Waals surface area contributed by atoms with E-state index in [2.05, 4.69) is 44.9 Å². The van der Waals surface area contributed by atoms with Gasteiger partial charge in [0, 0.05) is 16.2 Å². The number of hydrogen-bond acceptors (Lipinski definition) is 8. The zero-order valence-corrected chi connectivity index (χ0v) is 19.2. The van der Waals surface area contributed by atoms with E-state index in [4.69, 9.17) is 4.98 Å². The third-order valence-electron chi connectivity index (χ3n) is 5.50. The number of hydrogen-bond donors (Lipinski definition) is 1. The summed E-state index contributed by atoms with van der Waals surface area (Å²) in [6, 6.07) is 4.17. The Hall–Kier alpha value is -2.04. The highest BCUT2D eigenvalue weighted by Crippen LogP contribution is 2.37. The number of aromatic nitrogens is 6. The Balaban J connectivity index is 1.37. The van der Waals surface area contributed by atoms with Crippen LogP contribution in [0.3, 0.4) is 0 Å². The van der Waals surface area contributed by atoms with Gasteiger partial charge in [-0.1, -0.05) is 24.8 Å². The van der Waals surface area contributed by atoms with Crippen LogP contribution in [0.4, 0.5) is 0 Å². The third-order valence-corrected chi connectivity index (χ3v) is 8.66. The molecule has 0 spiro atoms. The lowest BCUT2D eigenvalue weighted by molar-refractivity contribution is 0.509. The van der Waals surface area contributed by atoms with Gasteiger partial charge in [-0.3, -0.25) is 4.79 Å². The molecule has 10 heteroatoms. The predicted octanol–water partition coefficient (Wildman–Crippen LogP) is 4.25. The largest absolute Gasteiger partial charge is 0.309 e. The second-order valence-corrected chi connectivity index (χ2v) is 11.2. The Morgan fingerprint density at radius 2 is 2.33 bits per heavy atom. The highest BCUT2D eigenvalue weighted by molar-refractivity contribution is 7.99. The maximum atomic E-state index is 12.9. The second-order valence-electron chi connectivity index (χ2n) is 7.76. The number of thiophene rings is 2. The normalized spacial score (nSPS) is 17.3. The SMILES string of the molecule is CC1CCc2c(sc3nc(C(C)Sc4nnnn4CCc4cccs4)[nH]c(=O)c23)C1. The van der Waals surface area contributed by atoms with Crippen LogP contribution in [0.2, 0.25) is 0 Å². The summed E-state index contributed by atoms with van der Waals surface area (Å²) in [7, 11) is 0. The first-order chi connectivity index (χ1) is 14.6. The molecule has 0 fully saturated rings. The molecule has 0 saturated carbocycles. The number of aromatic amines is 1. The molecule has 4 heterocycles. The highest BCUT2D eigenvalue weighted by atomic mass is 32.2. The predicted molar refractivity (Wildman–Crippen MR) is 122 cm³/mol. The van der Waals surface area contributed by atoms with Crippen LogP contribution in [0.5, 0.6) is 0 Å². The van der Waals surface area contributed by atoms with Gasteiger partial charge in [0.1, 0.15) is 10.7 Å². The summed E-state index contributed by atoms with van der Waals surface area (Å²) in [6.07, 6.45) is 4.06. The Bertz CT molecular complexity index is 1230. The van der Waals surface area contributed by atoms with Crippen LogP contribution in [0.15, 0.2) is 27.5 Å². The van der Waals surface area contributed by atoms with Crippen LogP contribution in [0.1, 0.15) is 46.7 Å². The Morgan fingerprint density at radius 1 is 1.43 bits per heavy atom. The lowest BCUT2D eigenvalue weighted by atomic mass is 9.89. The molecule has 1 aliphatic rings. The third kappa shape index (κ3) is 3.83. The Labute approximate surface area is 185 Å². The first-order valence-corrected chi connectivity index (χ1v) is 12.7. The number of tetrazole rings is 1. The molecule has 0 aromatic carbocycles. The van der Waals surface area contributed by atoms with E-state index in [9.17, 15) is 4.79 Å². The summed E-state index contributed by atoms with van der Waals surface area (Å²) in [5.41, 5.74) is 1.19. The van der Waals surface area contributed by atoms with Crippen LogP contribution in [0.25, 0.3) is 10.2 Å². The summed E-state index contributed by atoms with van der Waals surface area (Å²) in [6.45, 7) is 5.03. The van der Waals surface area contributed by atoms with Crippen molar-refractivity contribution in [2.24, 2.45) is 5.92 Å². The minimum Gasteiger partial charge on any atom is -0.309 e. The minimum atomic E-state index is -0.0633. The van der Waals surface area contributed by atoms with Crippen molar-refractivity contribution in [2.45, 2.75) is 56.5 Å². The van der Waals surface area contributed by atoms with Gasteiger partial charge in [-0.15, -0.1) is 27.8 Å². The molecule has 0 bridgehead atoms. The molecule has 4 aromatic heterocycles. The van der Waals surface area contributed by atoms with Crippen molar-refractivity contribution in [3.63, 3.8) is 0 Å². The quantitative estimate of drug-likeness (QED) is 0.435. The van der Waals surface area contributed by atoms with Crippen LogP contribution >= 0.6 is 34.4 Å². The maximum absolute atomic E-state index is 12.9. The molecule has 0 amide bonds. The molecule has 0 saturated heterocycles. The second kappa shape index (κ2) is 8.24. The highest BCUT2D eigenvalue weighted by Gasteiger charge is 2.24. The van der Waals surface area contributed by atoms with Crippen LogP contribution in [-0.2, 0) is 25.8 Å². The van der Waals surface area contributed by atoms with Crippen LogP contribution in [-0.4, -0.2) is 30.2 Å². The van der Waals surface area contributed by atoms with Crippen molar-refractivity contribution in [2.75, 3.05) is 0 Å². The number of thioether (sulfide) groups is 1. The van der Waals surface area contributed by atoms with Gasteiger partial charge in [-0.05, 0) is 59.5 Å². The van der Waals surface area contributed by atoms with E-state index in [1.807, 2.05) is 11.6 Å². The van der Waals surface area contributed by atoms with E-state index in [-0.39, 0.29) is 10.8 Å². The molecule has 5 rings (SSSR count). The number of H-pyrrole nitrogens is 1. The Morgan fingerprint density at radius 3 is 3.17 bits per heavy atom. The molecule has 2 atom stereocenters. The van der Waals surface area contributed by atoms with Gasteiger partial charge in [-0.25, -0.2) is 9.67 Å². The van der Waals surface area contributed by atoms with Gasteiger partial charge in [0.25, 0.3) is 5.56 Å². The standard InChI is InChI=1S/C20H22N6OS3/c1-11-5-6-14-15(10-11)30-19-16(14)18(27)21-17(22-19)12(2)29-20-23-24-25-26(20)8-7-13-4-3-9-28-13/h3-4,9,11-12H,5-8,10H2,1-2H3,(H,21,22,27). The minimum absolute atomic E-state index is 0.0215. The van der Waals surface area contributed by atoms with E-state index in [0.29, 0.717) is 11.7 Å². The molecular weight excluding hydrogens is 436 g/mol. The van der Waals surface area contributed by atoms with Crippen molar-refractivity contribution in [1.82, 2.24) is 30.2 Å². The van der Waals surface area contributed by atoms with Gasteiger partial charge >= 0.3 is 0 Å². The van der Waals surface area contributed by atoms with Crippen molar-refractivity contribution < 1.29 is 0 Å². The topological polar surface area (TPSA) is 89.3 Å². The molecule has 1 aliphatic carbocycles. The zero-order chi connectivity index (χ0) is 20.7. The fourth-order valence-electron chi connectivity index (χ4n) is 3.86. The lowest BCUT2D eigenvalue weighted by Gasteiger charge is -2.17. The molecule has 30 heavy (non-hydrogen) atoms. The Kier molecular flexibility index (Phi) is 5.46. The number of nitrogens with one attached hydrogen (secondary N) is 1. The first-order valence-electron chi connectivity index (χ1n) is 10.1. The van der Waals surface area contributed by atoms with Gasteiger partial charge in [-0.2, -0.15) is 0 Å². The molecule has 7 nitrogen and oxygen atoms in total. The molecular formula is C20H22N6OS3. The number of aryl methyl sites for hydroxylation is 3. The molecule has 2 unspecified atom stereocenters. The summed E-state index contributed by atoms with van der Waals surface area (Å²) >= 11 is 4.94. The van der Waals surface area contributed by atoms with Crippen molar-refractivity contribution in [3.05, 3.63) is 49.0 Å². The van der Waals surface area contributed by atoms with E-state index >= 15 is 0 Å². The first kappa shape index (κ1) is 19.9. The molecule has 0 aliphatic heterocycles. The van der Waals surface area contributed by atoms with E-state index in [1.165, 1.54) is 27.1 Å². The lowest BCUT2D eigenvalue weighted by Crippen LogP contribution is -2.15. The zero-order valence-electron chi connectivity index (χ0n) is 16.8. The fourth-order valence-corrected chi connectivity index (χ4v) is 6.83. The smallest absolute Gasteiger partial charge is 0.259 e. The van der Waals surface area contributed by atoms with Gasteiger partial charge < -0.3 is 4.98 Å². The van der Waals surface area contributed by atoms with Gasteiger partial charge in [0.15, 0.2) is 0 Å². The average Bonchev–Trinajstić information content (AvgIpc) is 3.45.